The maximum Gasteiger partial charge on any atom is 0.490 e. The number of esters is 1. The van der Waals surface area contributed by atoms with Gasteiger partial charge in [0.25, 0.3) is 0 Å². The molecule has 1 amide bonds. The van der Waals surface area contributed by atoms with Crippen molar-refractivity contribution < 1.29 is 37.4 Å². The lowest BCUT2D eigenvalue weighted by molar-refractivity contribution is -0.192. The van der Waals surface area contributed by atoms with Crippen molar-refractivity contribution in [2.75, 3.05) is 51.8 Å². The second-order valence-electron chi connectivity index (χ2n) is 9.66. The number of hydrogen-bond acceptors (Lipinski definition) is 8. The van der Waals surface area contributed by atoms with Crippen molar-refractivity contribution in [2.24, 2.45) is 5.73 Å². The maximum absolute atomic E-state index is 13.1. The number of nitrogens with zero attached hydrogens (tertiary/aromatic N) is 2. The summed E-state index contributed by atoms with van der Waals surface area (Å²) in [5, 5.41) is 12.4. The van der Waals surface area contributed by atoms with Crippen LogP contribution in [0.4, 0.5) is 13.2 Å². The number of rotatable bonds is 13. The van der Waals surface area contributed by atoms with Crippen LogP contribution < -0.4 is 11.1 Å². The third-order valence-corrected chi connectivity index (χ3v) is 7.34. The lowest BCUT2D eigenvalue weighted by Gasteiger charge is -2.31. The molecule has 1 aliphatic rings. The molecule has 41 heavy (non-hydrogen) atoms. The molecule has 1 heterocycles. The molecular formula is C28H39F3N4O5S. The maximum atomic E-state index is 13.1. The number of hydrogen-bond donors (Lipinski definition) is 3. The van der Waals surface area contributed by atoms with Gasteiger partial charge in [-0.25, -0.2) is 9.59 Å². The number of carbonyl (C=O) groups is 3. The Hall–Kier alpha value is -2.87. The van der Waals surface area contributed by atoms with Crippen LogP contribution in [0.5, 0.6) is 0 Å². The second kappa shape index (κ2) is 17.2. The molecule has 13 heteroatoms. The van der Waals surface area contributed by atoms with E-state index < -0.39 is 24.2 Å². The molecule has 1 fully saturated rings. The molecule has 1 aliphatic heterocycles. The first-order chi connectivity index (χ1) is 19.5. The van der Waals surface area contributed by atoms with E-state index in [4.69, 9.17) is 20.4 Å². The number of aliphatic carboxylic acids is 1. The van der Waals surface area contributed by atoms with E-state index in [2.05, 4.69) is 51.5 Å². The Bertz CT molecular complexity index is 1130. The summed E-state index contributed by atoms with van der Waals surface area (Å²) in [4.78, 5) is 38.8. The van der Waals surface area contributed by atoms with Gasteiger partial charge in [-0.2, -0.15) is 24.9 Å². The van der Waals surface area contributed by atoms with Crippen molar-refractivity contribution in [3.8, 4) is 0 Å². The van der Waals surface area contributed by atoms with Gasteiger partial charge in [0.2, 0.25) is 5.91 Å². The van der Waals surface area contributed by atoms with E-state index in [1.165, 1.54) is 23.4 Å². The normalized spacial score (nSPS) is 16.2. The molecule has 0 radical (unpaired) electrons. The summed E-state index contributed by atoms with van der Waals surface area (Å²) in [5.41, 5.74) is 7.03. The number of likely N-dealkylation sites (tertiary alicyclic amines) is 1. The highest BCUT2D eigenvalue weighted by molar-refractivity contribution is 7.98. The monoisotopic (exact) mass is 600 g/mol. The fraction of sp³-hybridized carbons (Fsp3) is 0.536. The minimum Gasteiger partial charge on any atom is -0.475 e. The highest BCUT2D eigenvalue weighted by Gasteiger charge is 2.38. The van der Waals surface area contributed by atoms with Crippen LogP contribution >= 0.6 is 11.8 Å². The van der Waals surface area contributed by atoms with E-state index >= 15 is 0 Å². The van der Waals surface area contributed by atoms with E-state index in [1.807, 2.05) is 12.3 Å². The van der Waals surface area contributed by atoms with Gasteiger partial charge in [-0.1, -0.05) is 42.5 Å². The highest BCUT2D eigenvalue weighted by atomic mass is 32.2. The Balaban J connectivity index is 0.000000745. The Kier molecular flexibility index (Phi) is 14.4. The summed E-state index contributed by atoms with van der Waals surface area (Å²) in [6, 6.07) is 14.4. The van der Waals surface area contributed by atoms with Crippen molar-refractivity contribution in [3.63, 3.8) is 0 Å². The highest BCUT2D eigenvalue weighted by Crippen LogP contribution is 2.22. The van der Waals surface area contributed by atoms with Crippen molar-refractivity contribution in [2.45, 2.75) is 44.1 Å². The van der Waals surface area contributed by atoms with Gasteiger partial charge in [-0.3, -0.25) is 14.6 Å². The smallest absolute Gasteiger partial charge is 0.475 e. The molecule has 0 unspecified atom stereocenters. The van der Waals surface area contributed by atoms with E-state index in [1.54, 1.807) is 11.8 Å². The number of amides is 1. The minimum atomic E-state index is -5.08. The molecular weight excluding hydrogens is 561 g/mol. The molecule has 2 aromatic carbocycles. The second-order valence-corrected chi connectivity index (χ2v) is 10.6. The third-order valence-electron chi connectivity index (χ3n) is 6.70. The molecule has 0 aromatic heterocycles. The van der Waals surface area contributed by atoms with E-state index in [0.717, 1.165) is 38.2 Å². The first kappa shape index (κ1) is 34.3. The number of carboxylic acid groups (broad SMARTS) is 1. The molecule has 2 aromatic rings. The van der Waals surface area contributed by atoms with E-state index in [-0.39, 0.29) is 12.5 Å². The molecule has 9 nitrogen and oxygen atoms in total. The van der Waals surface area contributed by atoms with Crippen LogP contribution in [0.15, 0.2) is 42.5 Å². The standard InChI is InChI=1S/C26H38N4O3S.C2HF3O2/c1-33-26(32)24(12-16-34-2)28-25(31)19-29(18-22-10-6-14-30(22)15-13-27)17-21-9-5-8-20-7-3-4-11-23(20)21;3-2(4,5)1(6)7/h3-5,7-9,11,22,24H,6,10,12-19,27H2,1-2H3,(H,28,31);(H,6,7)/t22-,24-;/m0./s1. The largest absolute Gasteiger partial charge is 0.490 e. The fourth-order valence-electron chi connectivity index (χ4n) is 4.79. The van der Waals surface area contributed by atoms with Crippen molar-refractivity contribution >= 4 is 40.4 Å². The SMILES string of the molecule is COC(=O)[C@H](CCSC)NC(=O)CN(Cc1cccc2ccccc12)C[C@@H]1CCCN1CCN.O=C(O)C(F)(F)F. The Morgan fingerprint density at radius 2 is 1.90 bits per heavy atom. The average Bonchev–Trinajstić information content (AvgIpc) is 3.37. The number of nitrogens with two attached hydrogens (primary N) is 1. The lowest BCUT2D eigenvalue weighted by atomic mass is 10.0. The van der Waals surface area contributed by atoms with Crippen molar-refractivity contribution in [3.05, 3.63) is 48.0 Å². The lowest BCUT2D eigenvalue weighted by Crippen LogP contribution is -2.48. The van der Waals surface area contributed by atoms with Gasteiger partial charge >= 0.3 is 18.1 Å². The van der Waals surface area contributed by atoms with Gasteiger partial charge in [0, 0.05) is 32.2 Å². The number of carbonyl (C=O) groups excluding carboxylic acids is 2. The molecule has 0 spiro atoms. The van der Waals surface area contributed by atoms with Crippen LogP contribution in [0.3, 0.4) is 0 Å². The number of thioether (sulfide) groups is 1. The summed E-state index contributed by atoms with van der Waals surface area (Å²) in [7, 11) is 1.36. The summed E-state index contributed by atoms with van der Waals surface area (Å²) in [5.74, 6) is -2.53. The van der Waals surface area contributed by atoms with Crippen LogP contribution in [0.1, 0.15) is 24.8 Å². The zero-order chi connectivity index (χ0) is 30.4. The zero-order valence-corrected chi connectivity index (χ0v) is 24.2. The number of benzene rings is 2. The number of ether oxygens (including phenoxy) is 1. The van der Waals surface area contributed by atoms with Gasteiger partial charge < -0.3 is 20.9 Å². The third kappa shape index (κ3) is 11.5. The minimum absolute atomic E-state index is 0.153. The summed E-state index contributed by atoms with van der Waals surface area (Å²) < 4.78 is 36.6. The molecule has 3 rings (SSSR count). The molecule has 0 bridgehead atoms. The van der Waals surface area contributed by atoms with Crippen LogP contribution in [0.2, 0.25) is 0 Å². The van der Waals surface area contributed by atoms with Crippen LogP contribution in [-0.4, -0.2) is 103 Å². The van der Waals surface area contributed by atoms with Crippen LogP contribution in [0, 0.1) is 0 Å². The number of nitrogens with one attached hydrogen (secondary N) is 1. The van der Waals surface area contributed by atoms with Crippen molar-refractivity contribution in [1.82, 2.24) is 15.1 Å². The topological polar surface area (TPSA) is 125 Å². The summed E-state index contributed by atoms with van der Waals surface area (Å²) in [6.07, 6.45) is -0.295. The Labute approximate surface area is 242 Å². The van der Waals surface area contributed by atoms with Gasteiger partial charge in [-0.05, 0) is 54.2 Å². The van der Waals surface area contributed by atoms with E-state index in [9.17, 15) is 22.8 Å². The molecule has 228 valence electrons. The molecule has 4 N–H and O–H groups in total. The zero-order valence-electron chi connectivity index (χ0n) is 23.4. The van der Waals surface area contributed by atoms with Gasteiger partial charge in [-0.15, -0.1) is 0 Å². The molecule has 1 saturated heterocycles. The molecule has 0 aliphatic carbocycles. The average molecular weight is 601 g/mol. The Morgan fingerprint density at radius 1 is 1.22 bits per heavy atom. The van der Waals surface area contributed by atoms with E-state index in [0.29, 0.717) is 25.6 Å². The van der Waals surface area contributed by atoms with Gasteiger partial charge in [0.1, 0.15) is 6.04 Å². The number of carboxylic acids is 1. The number of alkyl halides is 3. The van der Waals surface area contributed by atoms with Crippen LogP contribution in [0.25, 0.3) is 10.8 Å². The van der Waals surface area contributed by atoms with Gasteiger partial charge in [0.15, 0.2) is 0 Å². The number of methoxy groups -OCH3 is 1. The molecule has 2 atom stereocenters. The van der Waals surface area contributed by atoms with Crippen molar-refractivity contribution in [1.29, 1.82) is 0 Å². The predicted molar refractivity (Wildman–Crippen MR) is 154 cm³/mol. The summed E-state index contributed by atoms with van der Waals surface area (Å²) >= 11 is 1.64. The van der Waals surface area contributed by atoms with Gasteiger partial charge in [0.05, 0.1) is 13.7 Å². The number of fused-ring (bicyclic) bond motifs is 1. The molecule has 0 saturated carbocycles. The predicted octanol–water partition coefficient (Wildman–Crippen LogP) is 3.11. The first-order valence-corrected chi connectivity index (χ1v) is 14.7. The first-order valence-electron chi connectivity index (χ1n) is 13.3. The quantitative estimate of drug-likeness (QED) is 0.298. The Morgan fingerprint density at radius 3 is 2.54 bits per heavy atom. The summed E-state index contributed by atoms with van der Waals surface area (Å²) in [6.45, 7) is 4.23. The fourth-order valence-corrected chi connectivity index (χ4v) is 5.26. The van der Waals surface area contributed by atoms with Crippen LogP contribution in [-0.2, 0) is 25.7 Å². The number of halogens is 3.